The van der Waals surface area contributed by atoms with Crippen molar-refractivity contribution in [2.24, 2.45) is 0 Å². The zero-order valence-corrected chi connectivity index (χ0v) is 24.4. The van der Waals surface area contributed by atoms with Gasteiger partial charge in [0.25, 0.3) is 5.91 Å². The second-order valence-corrected chi connectivity index (χ2v) is 10.7. The summed E-state index contributed by atoms with van der Waals surface area (Å²) >= 11 is 18.4. The average Bonchev–Trinajstić information content (AvgIpc) is 3.62. The Labute approximate surface area is 258 Å². The number of hydrogen-bond donors (Lipinski definition) is 2. The monoisotopic (exact) mass is 614 g/mol. The average molecular weight is 616 g/mol. The highest BCUT2D eigenvalue weighted by atomic mass is 35.5. The van der Waals surface area contributed by atoms with E-state index < -0.39 is 0 Å². The lowest BCUT2D eigenvalue weighted by Gasteiger charge is -2.26. The number of hydrogen-bond acceptors (Lipinski definition) is 5. The molecule has 1 aliphatic heterocycles. The minimum absolute atomic E-state index is 0.0990. The van der Waals surface area contributed by atoms with E-state index in [9.17, 15) is 4.79 Å². The number of ether oxygens (including phenoxy) is 1. The van der Waals surface area contributed by atoms with Gasteiger partial charge in [0.15, 0.2) is 11.7 Å². The molecule has 0 bridgehead atoms. The Kier molecular flexibility index (Phi) is 8.10. The zero-order valence-electron chi connectivity index (χ0n) is 22.0. The number of nitrogens with zero attached hydrogens (tertiary/aromatic N) is 2. The number of anilines is 2. The Morgan fingerprint density at radius 1 is 0.976 bits per heavy atom. The van der Waals surface area contributed by atoms with Gasteiger partial charge in [-0.3, -0.25) is 9.78 Å². The van der Waals surface area contributed by atoms with Crippen molar-refractivity contribution in [3.05, 3.63) is 131 Å². The highest BCUT2D eigenvalue weighted by Gasteiger charge is 2.42. The molecule has 2 aromatic heterocycles. The fourth-order valence-electron chi connectivity index (χ4n) is 4.84. The minimum atomic E-state index is -0.355. The molecule has 5 aromatic rings. The van der Waals surface area contributed by atoms with E-state index in [4.69, 9.17) is 44.6 Å². The van der Waals surface area contributed by atoms with E-state index in [0.29, 0.717) is 38.1 Å². The number of benzene rings is 3. The number of pyridine rings is 1. The van der Waals surface area contributed by atoms with Crippen molar-refractivity contribution in [3.63, 3.8) is 0 Å². The van der Waals surface area contributed by atoms with Crippen LogP contribution in [-0.4, -0.2) is 22.6 Å². The Hall–Kier alpha value is -4.37. The number of carbonyl (C=O) groups is 1. The first-order chi connectivity index (χ1) is 20.5. The fraction of sp³-hybridized carbons (Fsp3) is 0.0938. The topological polar surface area (TPSA) is 79.6 Å². The number of aromatic nitrogens is 1. The van der Waals surface area contributed by atoms with Crippen molar-refractivity contribution in [2.45, 2.75) is 12.1 Å². The summed E-state index contributed by atoms with van der Waals surface area (Å²) in [5.74, 6) is 1.66. The highest BCUT2D eigenvalue weighted by molar-refractivity contribution is 7.80. The van der Waals surface area contributed by atoms with Gasteiger partial charge in [0.05, 0.1) is 16.8 Å². The third-order valence-corrected chi connectivity index (χ3v) is 7.62. The Morgan fingerprint density at radius 2 is 1.76 bits per heavy atom. The van der Waals surface area contributed by atoms with Crippen LogP contribution in [0.3, 0.4) is 0 Å². The summed E-state index contributed by atoms with van der Waals surface area (Å²) in [4.78, 5) is 19.0. The molecule has 210 valence electrons. The summed E-state index contributed by atoms with van der Waals surface area (Å²) < 4.78 is 11.9. The SMILES string of the molecule is O=C(COc1ccccc1)Nc1ccc(N2C(=S)N[C@@H](c3ccccn3)[C@@H]2c2ccc(-c3ccc(Cl)cc3Cl)o2)cc1. The van der Waals surface area contributed by atoms with Crippen LogP contribution in [0.5, 0.6) is 5.75 Å². The number of rotatable bonds is 8. The number of nitrogens with one attached hydrogen (secondary N) is 2. The number of para-hydroxylation sites is 1. The van der Waals surface area contributed by atoms with Gasteiger partial charge in [-0.15, -0.1) is 0 Å². The molecule has 1 amide bonds. The molecule has 0 unspecified atom stereocenters. The summed E-state index contributed by atoms with van der Waals surface area (Å²) in [5, 5.41) is 7.85. The van der Waals surface area contributed by atoms with Crippen LogP contribution in [0.2, 0.25) is 10.0 Å². The standard InChI is InChI=1S/C32H24Cl2N4O3S/c33-20-9-14-24(25(34)18-20)27-15-16-28(41-27)31-30(26-8-4-5-17-35-26)37-32(42)38(31)22-12-10-21(11-13-22)36-29(39)19-40-23-6-2-1-3-7-23/h1-18,30-31H,19H2,(H,36,39)(H,37,42)/t30-,31-/m0/s1. The summed E-state index contributed by atoms with van der Waals surface area (Å²) in [6, 6.07) is 30.9. The number of thiocarbonyl (C=S) groups is 1. The van der Waals surface area contributed by atoms with Gasteiger partial charge in [-0.1, -0.05) is 47.5 Å². The smallest absolute Gasteiger partial charge is 0.262 e. The number of amides is 1. The molecule has 3 aromatic carbocycles. The number of furan rings is 1. The van der Waals surface area contributed by atoms with E-state index in [1.54, 1.807) is 30.5 Å². The van der Waals surface area contributed by atoms with Crippen molar-refractivity contribution in [1.29, 1.82) is 0 Å². The molecule has 0 saturated carbocycles. The predicted octanol–water partition coefficient (Wildman–Crippen LogP) is 7.84. The van der Waals surface area contributed by atoms with Gasteiger partial charge in [-0.05, 0) is 91.1 Å². The van der Waals surface area contributed by atoms with E-state index in [-0.39, 0.29) is 24.6 Å². The van der Waals surface area contributed by atoms with E-state index in [0.717, 1.165) is 16.9 Å². The van der Waals surface area contributed by atoms with Crippen molar-refractivity contribution < 1.29 is 13.9 Å². The zero-order chi connectivity index (χ0) is 29.1. The van der Waals surface area contributed by atoms with E-state index in [1.807, 2.05) is 83.8 Å². The third kappa shape index (κ3) is 5.97. The van der Waals surface area contributed by atoms with Gasteiger partial charge < -0.3 is 24.7 Å². The maximum absolute atomic E-state index is 12.5. The van der Waals surface area contributed by atoms with Crippen LogP contribution in [0.15, 0.2) is 114 Å². The quantitative estimate of drug-likeness (QED) is 0.172. The molecular formula is C32H24Cl2N4O3S. The molecule has 0 spiro atoms. The molecule has 1 saturated heterocycles. The number of halogens is 2. The summed E-state index contributed by atoms with van der Waals surface area (Å²) in [6.45, 7) is -0.0990. The molecule has 10 heteroatoms. The van der Waals surface area contributed by atoms with E-state index in [1.165, 1.54) is 0 Å². The van der Waals surface area contributed by atoms with Crippen molar-refractivity contribution in [1.82, 2.24) is 10.3 Å². The van der Waals surface area contributed by atoms with Crippen LogP contribution < -0.4 is 20.3 Å². The van der Waals surface area contributed by atoms with Crippen LogP contribution >= 0.6 is 35.4 Å². The Bertz CT molecular complexity index is 1720. The molecule has 2 atom stereocenters. The molecule has 6 rings (SSSR count). The molecule has 42 heavy (non-hydrogen) atoms. The lowest BCUT2D eigenvalue weighted by atomic mass is 10.0. The van der Waals surface area contributed by atoms with Gasteiger partial charge >= 0.3 is 0 Å². The highest BCUT2D eigenvalue weighted by Crippen LogP contribution is 2.43. The molecular weight excluding hydrogens is 591 g/mol. The van der Waals surface area contributed by atoms with Crippen molar-refractivity contribution in [3.8, 4) is 17.1 Å². The second-order valence-electron chi connectivity index (χ2n) is 9.52. The summed E-state index contributed by atoms with van der Waals surface area (Å²) in [6.07, 6.45) is 1.75. The van der Waals surface area contributed by atoms with Crippen molar-refractivity contribution in [2.75, 3.05) is 16.8 Å². The van der Waals surface area contributed by atoms with Gasteiger partial charge in [-0.2, -0.15) is 0 Å². The van der Waals surface area contributed by atoms with E-state index >= 15 is 0 Å². The van der Waals surface area contributed by atoms with Crippen molar-refractivity contribution >= 4 is 57.8 Å². The lowest BCUT2D eigenvalue weighted by Crippen LogP contribution is -2.29. The largest absolute Gasteiger partial charge is 0.484 e. The Balaban J connectivity index is 1.26. The predicted molar refractivity (Wildman–Crippen MR) is 169 cm³/mol. The molecule has 0 aliphatic carbocycles. The first kappa shape index (κ1) is 27.8. The van der Waals surface area contributed by atoms with Gasteiger partial charge in [0.2, 0.25) is 0 Å². The normalized spacial score (nSPS) is 16.2. The maximum atomic E-state index is 12.5. The molecule has 1 aliphatic rings. The molecule has 7 nitrogen and oxygen atoms in total. The van der Waals surface area contributed by atoms with Gasteiger partial charge in [-0.25, -0.2) is 0 Å². The molecule has 0 radical (unpaired) electrons. The van der Waals surface area contributed by atoms with Crippen LogP contribution in [0.1, 0.15) is 23.5 Å². The van der Waals surface area contributed by atoms with E-state index in [2.05, 4.69) is 15.6 Å². The first-order valence-corrected chi connectivity index (χ1v) is 14.3. The van der Waals surface area contributed by atoms with Crippen LogP contribution in [-0.2, 0) is 4.79 Å². The molecule has 2 N–H and O–H groups in total. The summed E-state index contributed by atoms with van der Waals surface area (Å²) in [5.41, 5.74) is 3.00. The first-order valence-electron chi connectivity index (χ1n) is 13.1. The maximum Gasteiger partial charge on any atom is 0.262 e. The summed E-state index contributed by atoms with van der Waals surface area (Å²) in [7, 11) is 0. The molecule has 3 heterocycles. The number of carbonyl (C=O) groups excluding carboxylic acids is 1. The van der Waals surface area contributed by atoms with Crippen LogP contribution in [0, 0.1) is 0 Å². The van der Waals surface area contributed by atoms with Gasteiger partial charge in [0.1, 0.15) is 23.3 Å². The molecule has 1 fully saturated rings. The van der Waals surface area contributed by atoms with Crippen LogP contribution in [0.25, 0.3) is 11.3 Å². The third-order valence-electron chi connectivity index (χ3n) is 6.76. The second kappa shape index (κ2) is 12.2. The Morgan fingerprint density at radius 3 is 2.50 bits per heavy atom. The van der Waals surface area contributed by atoms with Gasteiger partial charge in [0, 0.05) is 28.2 Å². The fourth-order valence-corrected chi connectivity index (χ4v) is 5.68. The lowest BCUT2D eigenvalue weighted by molar-refractivity contribution is -0.118. The minimum Gasteiger partial charge on any atom is -0.484 e. The van der Waals surface area contributed by atoms with Crippen LogP contribution in [0.4, 0.5) is 11.4 Å².